The summed E-state index contributed by atoms with van der Waals surface area (Å²) < 4.78 is 29.5. The first-order valence-corrected chi connectivity index (χ1v) is 12.2. The van der Waals surface area contributed by atoms with E-state index in [0.717, 1.165) is 21.3 Å². The second kappa shape index (κ2) is 9.18. The van der Waals surface area contributed by atoms with Crippen molar-refractivity contribution in [2.45, 2.75) is 39.1 Å². The Morgan fingerprint density at radius 3 is 2.32 bits per heavy atom. The molecule has 0 aliphatic heterocycles. The number of terminal acetylenes is 1. The maximum Gasteiger partial charge on any atom is 0.279 e. The number of benzene rings is 2. The second-order valence-corrected chi connectivity index (χ2v) is 10.1. The Hall–Kier alpha value is -2.73. The van der Waals surface area contributed by atoms with Gasteiger partial charge in [0.1, 0.15) is 0 Å². The number of nitrogens with zero attached hydrogens (tertiary/aromatic N) is 3. The number of rotatable bonds is 6. The Labute approximate surface area is 186 Å². The minimum Gasteiger partial charge on any atom is -0.305 e. The molecule has 0 spiro atoms. The largest absolute Gasteiger partial charge is 0.305 e. The molecule has 0 saturated heterocycles. The first kappa shape index (κ1) is 22.9. The van der Waals surface area contributed by atoms with E-state index in [9.17, 15) is 13.2 Å². The monoisotopic (exact) mass is 455 g/mol. The average Bonchev–Trinajstić information content (AvgIpc) is 3.05. The molecular formula is C23H25N3O3S2. The van der Waals surface area contributed by atoms with Gasteiger partial charge in [0.25, 0.3) is 5.91 Å². The van der Waals surface area contributed by atoms with Crippen LogP contribution < -0.4 is 4.80 Å². The maximum atomic E-state index is 12.8. The topological polar surface area (TPSA) is 71.7 Å². The fraction of sp³-hybridized carbons (Fsp3) is 0.304. The van der Waals surface area contributed by atoms with Gasteiger partial charge in [-0.2, -0.15) is 9.30 Å². The summed E-state index contributed by atoms with van der Waals surface area (Å²) in [7, 11) is -3.57. The Morgan fingerprint density at radius 1 is 1.13 bits per heavy atom. The van der Waals surface area contributed by atoms with Crippen LogP contribution in [0.15, 0.2) is 46.3 Å². The average molecular weight is 456 g/mol. The lowest BCUT2D eigenvalue weighted by Crippen LogP contribution is -2.30. The molecule has 2 aromatic carbocycles. The van der Waals surface area contributed by atoms with E-state index in [0.29, 0.717) is 30.0 Å². The molecule has 31 heavy (non-hydrogen) atoms. The first-order valence-electron chi connectivity index (χ1n) is 9.96. The predicted molar refractivity (Wildman–Crippen MR) is 125 cm³/mol. The Balaban J connectivity index is 2.02. The summed E-state index contributed by atoms with van der Waals surface area (Å²) in [5, 5.41) is 0. The molecule has 6 nitrogen and oxygen atoms in total. The van der Waals surface area contributed by atoms with E-state index in [1.165, 1.54) is 39.9 Å². The summed E-state index contributed by atoms with van der Waals surface area (Å²) >= 11 is 1.40. The SMILES string of the molecule is C#CCn1c(=NC(=O)c2ccc(S(=O)(=O)N(CC)CC)cc2)sc2cc(C)c(C)cc21. The number of amides is 1. The van der Waals surface area contributed by atoms with Crippen molar-refractivity contribution in [3.8, 4) is 12.3 Å². The number of carbonyl (C=O) groups excluding carboxylic acids is 1. The van der Waals surface area contributed by atoms with Crippen LogP contribution >= 0.6 is 11.3 Å². The highest BCUT2D eigenvalue weighted by molar-refractivity contribution is 7.89. The molecule has 162 valence electrons. The molecule has 0 bridgehead atoms. The quantitative estimate of drug-likeness (QED) is 0.532. The Kier molecular flexibility index (Phi) is 6.80. The highest BCUT2D eigenvalue weighted by atomic mass is 32.2. The summed E-state index contributed by atoms with van der Waals surface area (Å²) in [4.78, 5) is 17.8. The highest BCUT2D eigenvalue weighted by Gasteiger charge is 2.21. The molecule has 0 aliphatic carbocycles. The van der Waals surface area contributed by atoms with E-state index in [4.69, 9.17) is 6.42 Å². The maximum absolute atomic E-state index is 12.8. The normalized spacial score (nSPS) is 12.5. The van der Waals surface area contributed by atoms with Crippen LogP contribution in [-0.4, -0.2) is 36.3 Å². The Morgan fingerprint density at radius 2 is 1.74 bits per heavy atom. The molecule has 0 atom stereocenters. The van der Waals surface area contributed by atoms with Gasteiger partial charge < -0.3 is 4.57 Å². The van der Waals surface area contributed by atoms with Gasteiger partial charge in [-0.25, -0.2) is 8.42 Å². The first-order chi connectivity index (χ1) is 14.7. The lowest BCUT2D eigenvalue weighted by molar-refractivity contribution is 0.0998. The van der Waals surface area contributed by atoms with Crippen LogP contribution in [0.2, 0.25) is 0 Å². The van der Waals surface area contributed by atoms with Gasteiger partial charge >= 0.3 is 0 Å². The van der Waals surface area contributed by atoms with Gasteiger partial charge in [-0.1, -0.05) is 31.1 Å². The summed E-state index contributed by atoms with van der Waals surface area (Å²) in [6.07, 6.45) is 5.54. The summed E-state index contributed by atoms with van der Waals surface area (Å²) in [6.45, 7) is 8.71. The predicted octanol–water partition coefficient (Wildman–Crippen LogP) is 3.72. The molecule has 8 heteroatoms. The van der Waals surface area contributed by atoms with Gasteiger partial charge in [-0.05, 0) is 61.4 Å². The van der Waals surface area contributed by atoms with E-state index < -0.39 is 15.9 Å². The van der Waals surface area contributed by atoms with Gasteiger partial charge in [0.15, 0.2) is 4.80 Å². The molecule has 0 saturated carbocycles. The van der Waals surface area contributed by atoms with Crippen molar-refractivity contribution < 1.29 is 13.2 Å². The number of carbonyl (C=O) groups is 1. The van der Waals surface area contributed by atoms with Crippen LogP contribution in [-0.2, 0) is 16.6 Å². The van der Waals surface area contributed by atoms with Gasteiger partial charge in [0, 0.05) is 18.7 Å². The minimum atomic E-state index is -3.57. The smallest absolute Gasteiger partial charge is 0.279 e. The molecule has 1 heterocycles. The van der Waals surface area contributed by atoms with Crippen molar-refractivity contribution in [1.29, 1.82) is 0 Å². The molecule has 0 unspecified atom stereocenters. The molecule has 0 fully saturated rings. The number of thiazole rings is 1. The molecule has 0 aliphatic rings. The van der Waals surface area contributed by atoms with E-state index >= 15 is 0 Å². The fourth-order valence-electron chi connectivity index (χ4n) is 3.28. The van der Waals surface area contributed by atoms with Crippen LogP contribution in [0, 0.1) is 26.2 Å². The molecule has 3 rings (SSSR count). The zero-order chi connectivity index (χ0) is 22.8. The van der Waals surface area contributed by atoms with Crippen molar-refractivity contribution >= 4 is 37.5 Å². The zero-order valence-electron chi connectivity index (χ0n) is 18.0. The van der Waals surface area contributed by atoms with Crippen LogP contribution in [0.1, 0.15) is 35.3 Å². The number of fused-ring (bicyclic) bond motifs is 1. The van der Waals surface area contributed by atoms with Gasteiger partial charge in [-0.15, -0.1) is 6.42 Å². The summed E-state index contributed by atoms with van der Waals surface area (Å²) in [6, 6.07) is 10.0. The van der Waals surface area contributed by atoms with Gasteiger partial charge in [-0.3, -0.25) is 4.79 Å². The van der Waals surface area contributed by atoms with Gasteiger partial charge in [0.2, 0.25) is 10.0 Å². The lowest BCUT2D eigenvalue weighted by Gasteiger charge is -2.18. The van der Waals surface area contributed by atoms with Crippen LogP contribution in [0.25, 0.3) is 10.2 Å². The van der Waals surface area contributed by atoms with E-state index in [1.54, 1.807) is 13.8 Å². The number of aromatic nitrogens is 1. The minimum absolute atomic E-state index is 0.156. The molecule has 1 aromatic heterocycles. The molecule has 0 radical (unpaired) electrons. The van der Waals surface area contributed by atoms with Gasteiger partial charge in [0.05, 0.1) is 21.7 Å². The zero-order valence-corrected chi connectivity index (χ0v) is 19.7. The third kappa shape index (κ3) is 4.49. The summed E-state index contributed by atoms with van der Waals surface area (Å²) in [5.74, 6) is 2.18. The number of hydrogen-bond acceptors (Lipinski definition) is 4. The van der Waals surface area contributed by atoms with Crippen molar-refractivity contribution in [3.05, 3.63) is 57.9 Å². The number of sulfonamides is 1. The van der Waals surface area contributed by atoms with Crippen molar-refractivity contribution in [3.63, 3.8) is 0 Å². The van der Waals surface area contributed by atoms with E-state index in [1.807, 2.05) is 18.4 Å². The standard InChI is InChI=1S/C23H25N3O3S2/c1-6-13-26-20-14-16(4)17(5)15-21(20)30-23(26)24-22(27)18-9-11-19(12-10-18)31(28,29)25(7-2)8-3/h1,9-12,14-15H,7-8,13H2,2-5H3. The lowest BCUT2D eigenvalue weighted by atomic mass is 10.1. The number of hydrogen-bond donors (Lipinski definition) is 0. The van der Waals surface area contributed by atoms with Crippen LogP contribution in [0.4, 0.5) is 0 Å². The molecule has 0 N–H and O–H groups in total. The van der Waals surface area contributed by atoms with Crippen molar-refractivity contribution in [2.24, 2.45) is 4.99 Å². The second-order valence-electron chi connectivity index (χ2n) is 7.11. The third-order valence-electron chi connectivity index (χ3n) is 5.19. The highest BCUT2D eigenvalue weighted by Crippen LogP contribution is 2.22. The number of aryl methyl sites for hydroxylation is 2. The fourth-order valence-corrected chi connectivity index (χ4v) is 5.85. The molecule has 1 amide bonds. The van der Waals surface area contributed by atoms with Crippen LogP contribution in [0.5, 0.6) is 0 Å². The molecular weight excluding hydrogens is 430 g/mol. The third-order valence-corrected chi connectivity index (χ3v) is 8.29. The van der Waals surface area contributed by atoms with E-state index in [-0.39, 0.29) is 4.90 Å². The van der Waals surface area contributed by atoms with Crippen molar-refractivity contribution in [2.75, 3.05) is 13.1 Å². The van der Waals surface area contributed by atoms with Crippen LogP contribution in [0.3, 0.4) is 0 Å². The van der Waals surface area contributed by atoms with E-state index in [2.05, 4.69) is 23.0 Å². The molecule has 3 aromatic rings. The Bertz CT molecular complexity index is 1340. The summed E-state index contributed by atoms with van der Waals surface area (Å²) in [5.41, 5.74) is 3.55. The van der Waals surface area contributed by atoms with Crippen molar-refractivity contribution in [1.82, 2.24) is 8.87 Å².